The summed E-state index contributed by atoms with van der Waals surface area (Å²) in [6.07, 6.45) is -51.4. The maximum atomic E-state index is 13.6. The first-order valence-electron chi connectivity index (χ1n) is 7.16. The quantitative estimate of drug-likeness (QED) is 0.237. The Morgan fingerprint density at radius 3 is 0.500 bits per heavy atom. The fourth-order valence-electron chi connectivity index (χ4n) is 3.23. The van der Waals surface area contributed by atoms with Gasteiger partial charge in [0.1, 0.15) is 0 Å². The molecule has 0 unspecified atom stereocenters. The number of allylic oxidation sites excluding steroid dienone is 2. The summed E-state index contributed by atoms with van der Waals surface area (Å²) in [5.74, 6) is -15.8. The third kappa shape index (κ3) is 3.24. The highest BCUT2D eigenvalue weighted by atomic mass is 19.4. The van der Waals surface area contributed by atoms with Crippen molar-refractivity contribution in [3.63, 3.8) is 0 Å². The van der Waals surface area contributed by atoms with Crippen molar-refractivity contribution in [3.8, 4) is 0 Å². The maximum Gasteiger partial charge on any atom is 0.416 e. The minimum absolute atomic E-state index is 5.86. The molecule has 0 aliphatic heterocycles. The van der Waals surface area contributed by atoms with E-state index in [1.165, 1.54) is 0 Å². The minimum atomic E-state index is -8.72. The largest absolute Gasteiger partial charge is 0.416 e. The van der Waals surface area contributed by atoms with E-state index in [4.69, 9.17) is 0 Å². The fraction of sp³-hybridized carbons (Fsp3) is 0.833. The van der Waals surface area contributed by atoms with E-state index in [0.29, 0.717) is 0 Å². The van der Waals surface area contributed by atoms with Crippen LogP contribution in [0.15, 0.2) is 11.1 Å². The SMILES string of the molecule is FC(F)(F)C(C1=C(C(C(F)(F)F)(C(F)(F)F)C(F)(F)F)C(F)(F)C1(F)F)(C(F)(F)F)C(F)(F)F. The molecule has 1 aliphatic carbocycles. The van der Waals surface area contributed by atoms with Gasteiger partial charge in [0.25, 0.3) is 10.8 Å². The first kappa shape index (κ1) is 30.2. The second kappa shape index (κ2) is 6.90. The predicted molar refractivity (Wildman–Crippen MR) is 58.1 cm³/mol. The van der Waals surface area contributed by atoms with Crippen LogP contribution in [0.5, 0.6) is 0 Å². The fourth-order valence-corrected chi connectivity index (χ4v) is 3.23. The molecule has 1 rings (SSSR count). The second-order valence-corrected chi connectivity index (χ2v) is 6.39. The number of hydrogen-bond acceptors (Lipinski definition) is 0. The molecule has 34 heavy (non-hydrogen) atoms. The number of halogens is 22. The molecule has 0 nitrogen and oxygen atoms in total. The van der Waals surface area contributed by atoms with Gasteiger partial charge in [0.05, 0.1) is 0 Å². The van der Waals surface area contributed by atoms with E-state index in [-0.39, 0.29) is 0 Å². The molecule has 0 saturated heterocycles. The molecule has 0 aromatic heterocycles. The van der Waals surface area contributed by atoms with Gasteiger partial charge in [-0.15, -0.1) is 0 Å². The molecule has 0 aromatic carbocycles. The Morgan fingerprint density at radius 1 is 0.294 bits per heavy atom. The van der Waals surface area contributed by atoms with E-state index in [2.05, 4.69) is 0 Å². The average Bonchev–Trinajstić information content (AvgIpc) is 2.41. The lowest BCUT2D eigenvalue weighted by atomic mass is 9.56. The molecule has 0 amide bonds. The molecule has 0 spiro atoms. The normalized spacial score (nSPS) is 21.0. The Morgan fingerprint density at radius 2 is 0.412 bits per heavy atom. The Hall–Kier alpha value is -1.80. The van der Waals surface area contributed by atoms with Crippen molar-refractivity contribution in [1.29, 1.82) is 0 Å². The lowest BCUT2D eigenvalue weighted by Gasteiger charge is -2.55. The van der Waals surface area contributed by atoms with Crippen molar-refractivity contribution in [2.24, 2.45) is 10.8 Å². The van der Waals surface area contributed by atoms with Gasteiger partial charge in [0.2, 0.25) is 0 Å². The minimum Gasteiger partial charge on any atom is -0.194 e. The summed E-state index contributed by atoms with van der Waals surface area (Å²) in [6.45, 7) is 0. The lowest BCUT2D eigenvalue weighted by Crippen LogP contribution is -2.76. The summed E-state index contributed by atoms with van der Waals surface area (Å²) < 4.78 is 288. The van der Waals surface area contributed by atoms with Crippen LogP contribution in [0.3, 0.4) is 0 Å². The maximum absolute atomic E-state index is 13.6. The average molecular weight is 562 g/mol. The summed E-state index contributed by atoms with van der Waals surface area (Å²) in [6, 6.07) is 0. The van der Waals surface area contributed by atoms with Crippen LogP contribution in [0.25, 0.3) is 0 Å². The third-order valence-electron chi connectivity index (χ3n) is 4.57. The highest BCUT2D eigenvalue weighted by molar-refractivity contribution is 5.55. The standard InChI is InChI=1S/C12F22/c13-5(14)1(3(7(17,18)19,8(20,21)22)9(23,24)25)2(6(5,15)16)4(10(26,27)28,11(29,30)31)12(32,33)34. The van der Waals surface area contributed by atoms with Crippen LogP contribution in [0.4, 0.5) is 96.6 Å². The van der Waals surface area contributed by atoms with Crippen molar-refractivity contribution in [2.75, 3.05) is 0 Å². The third-order valence-corrected chi connectivity index (χ3v) is 4.57. The Bertz CT molecular complexity index is 686. The van der Waals surface area contributed by atoms with Crippen LogP contribution in [-0.2, 0) is 0 Å². The molecule has 0 heterocycles. The van der Waals surface area contributed by atoms with E-state index in [9.17, 15) is 96.6 Å². The molecule has 202 valence electrons. The first-order valence-corrected chi connectivity index (χ1v) is 7.16. The van der Waals surface area contributed by atoms with Gasteiger partial charge in [-0.3, -0.25) is 0 Å². The van der Waals surface area contributed by atoms with E-state index < -0.39 is 70.9 Å². The van der Waals surface area contributed by atoms with E-state index >= 15 is 0 Å². The van der Waals surface area contributed by atoms with Crippen LogP contribution in [0.1, 0.15) is 0 Å². The van der Waals surface area contributed by atoms with Crippen molar-refractivity contribution < 1.29 is 96.6 Å². The van der Waals surface area contributed by atoms with Gasteiger partial charge in [-0.25, -0.2) is 0 Å². The van der Waals surface area contributed by atoms with Crippen molar-refractivity contribution >= 4 is 0 Å². The van der Waals surface area contributed by atoms with Gasteiger partial charge >= 0.3 is 48.9 Å². The van der Waals surface area contributed by atoms with Gasteiger partial charge in [-0.2, -0.15) is 96.6 Å². The summed E-state index contributed by atoms with van der Waals surface area (Å²) in [7, 11) is 0. The molecule has 0 aromatic rings. The van der Waals surface area contributed by atoms with E-state index in [1.807, 2.05) is 0 Å². The van der Waals surface area contributed by atoms with Gasteiger partial charge in [-0.05, 0) is 0 Å². The van der Waals surface area contributed by atoms with Gasteiger partial charge in [0, 0.05) is 11.1 Å². The van der Waals surface area contributed by atoms with Crippen LogP contribution >= 0.6 is 0 Å². The highest BCUT2D eigenvalue weighted by Crippen LogP contribution is 2.79. The summed E-state index contributed by atoms with van der Waals surface area (Å²) in [5, 5.41) is 0. The molecule has 22 heteroatoms. The summed E-state index contributed by atoms with van der Waals surface area (Å²) in [4.78, 5) is 0. The Labute approximate surface area is 169 Å². The van der Waals surface area contributed by atoms with Crippen LogP contribution in [-0.4, -0.2) is 48.9 Å². The predicted octanol–water partition coefficient (Wildman–Crippen LogP) is 7.91. The van der Waals surface area contributed by atoms with E-state index in [0.717, 1.165) is 0 Å². The molecule has 0 N–H and O–H groups in total. The number of rotatable bonds is 2. The van der Waals surface area contributed by atoms with E-state index in [1.54, 1.807) is 0 Å². The highest BCUT2D eigenvalue weighted by Gasteiger charge is 2.99. The molecular formula is C12F22. The smallest absolute Gasteiger partial charge is 0.194 e. The zero-order chi connectivity index (χ0) is 28.2. The summed E-state index contributed by atoms with van der Waals surface area (Å²) >= 11 is 0. The van der Waals surface area contributed by atoms with Crippen LogP contribution < -0.4 is 0 Å². The Balaban J connectivity index is 4.83. The summed E-state index contributed by atoms with van der Waals surface area (Å²) in [5.41, 5.74) is -29.2. The van der Waals surface area contributed by atoms with Crippen LogP contribution in [0, 0.1) is 10.8 Å². The lowest BCUT2D eigenvalue weighted by molar-refractivity contribution is -0.444. The zero-order valence-electron chi connectivity index (χ0n) is 14.3. The monoisotopic (exact) mass is 562 g/mol. The van der Waals surface area contributed by atoms with Crippen molar-refractivity contribution in [1.82, 2.24) is 0 Å². The molecule has 1 aliphatic rings. The number of alkyl halides is 22. The molecular weight excluding hydrogens is 562 g/mol. The van der Waals surface area contributed by atoms with Crippen LogP contribution in [0.2, 0.25) is 0 Å². The van der Waals surface area contributed by atoms with Crippen molar-refractivity contribution in [2.45, 2.75) is 48.9 Å². The molecule has 0 radical (unpaired) electrons. The topological polar surface area (TPSA) is 0 Å². The number of hydrogen-bond donors (Lipinski definition) is 0. The molecule has 0 fully saturated rings. The second-order valence-electron chi connectivity index (χ2n) is 6.39. The van der Waals surface area contributed by atoms with Crippen molar-refractivity contribution in [3.05, 3.63) is 11.1 Å². The van der Waals surface area contributed by atoms with Gasteiger partial charge in [-0.1, -0.05) is 0 Å². The first-order chi connectivity index (χ1) is 14.2. The van der Waals surface area contributed by atoms with Gasteiger partial charge < -0.3 is 0 Å². The Kier molecular flexibility index (Phi) is 6.14. The molecule has 0 atom stereocenters. The van der Waals surface area contributed by atoms with Gasteiger partial charge in [0.15, 0.2) is 0 Å². The molecule has 0 saturated carbocycles. The molecule has 0 bridgehead atoms. The zero-order valence-corrected chi connectivity index (χ0v) is 14.3.